The summed E-state index contributed by atoms with van der Waals surface area (Å²) in [5, 5.41) is 14.6. The van der Waals surface area contributed by atoms with Crippen molar-refractivity contribution in [2.75, 3.05) is 11.9 Å². The van der Waals surface area contributed by atoms with E-state index in [-0.39, 0.29) is 16.2 Å². The van der Waals surface area contributed by atoms with Crippen LogP contribution in [0.5, 0.6) is 11.5 Å². The van der Waals surface area contributed by atoms with E-state index in [1.165, 1.54) is 43.2 Å². The van der Waals surface area contributed by atoms with Crippen LogP contribution in [-0.4, -0.2) is 11.7 Å². The largest absolute Gasteiger partial charge is 0.507 e. The van der Waals surface area contributed by atoms with E-state index < -0.39 is 0 Å². The van der Waals surface area contributed by atoms with Crippen molar-refractivity contribution in [1.29, 1.82) is 0 Å². The van der Waals surface area contributed by atoms with Crippen LogP contribution in [0.4, 0.5) is 5.69 Å². The first-order chi connectivity index (χ1) is 18.0. The summed E-state index contributed by atoms with van der Waals surface area (Å²) in [5.41, 5.74) is 6.23. The molecule has 0 aromatic heterocycles. The van der Waals surface area contributed by atoms with E-state index in [9.17, 15) is 5.11 Å². The molecule has 39 heavy (non-hydrogen) atoms. The molecule has 218 valence electrons. The first-order valence-electron chi connectivity index (χ1n) is 15.1. The molecule has 0 bridgehead atoms. The van der Waals surface area contributed by atoms with E-state index in [1.807, 2.05) is 0 Å². The van der Waals surface area contributed by atoms with Gasteiger partial charge in [-0.05, 0) is 70.4 Å². The van der Waals surface area contributed by atoms with Crippen molar-refractivity contribution in [2.24, 2.45) is 0 Å². The van der Waals surface area contributed by atoms with Crippen LogP contribution in [0.3, 0.4) is 0 Å². The number of benzene rings is 2. The Balaban J connectivity index is 2.09. The number of aryl methyl sites for hydroxylation is 1. The Morgan fingerprint density at radius 3 is 1.85 bits per heavy atom. The average Bonchev–Trinajstić information content (AvgIpc) is 2.81. The van der Waals surface area contributed by atoms with E-state index in [2.05, 4.69) is 111 Å². The van der Waals surface area contributed by atoms with Crippen molar-refractivity contribution < 1.29 is 9.84 Å². The van der Waals surface area contributed by atoms with Crippen LogP contribution in [-0.2, 0) is 22.7 Å². The predicted octanol–water partition coefficient (Wildman–Crippen LogP) is 10.6. The maximum atomic E-state index is 11.0. The molecule has 3 heteroatoms. The smallest absolute Gasteiger partial charge is 0.123 e. The Kier molecular flexibility index (Phi) is 11.6. The summed E-state index contributed by atoms with van der Waals surface area (Å²) in [5.74, 6) is 1.42. The molecular weight excluding hydrogens is 478 g/mol. The SMILES string of the molecule is C=C(CCc1cc(C(C)(C)C)c(O)c(C(C)(C)C)c1)Nc1ccc(OCCCCCCCC)c(C(C)(C)C)c1. The van der Waals surface area contributed by atoms with Crippen molar-refractivity contribution >= 4 is 5.69 Å². The zero-order valence-electron chi connectivity index (χ0n) is 26.8. The van der Waals surface area contributed by atoms with Crippen LogP contribution in [0.2, 0.25) is 0 Å². The topological polar surface area (TPSA) is 41.5 Å². The number of rotatable bonds is 13. The van der Waals surface area contributed by atoms with Gasteiger partial charge in [-0.15, -0.1) is 0 Å². The molecule has 0 spiro atoms. The molecule has 0 atom stereocenters. The Hall–Kier alpha value is -2.42. The minimum Gasteiger partial charge on any atom is -0.507 e. The number of allylic oxidation sites excluding steroid dienone is 1. The Labute approximate surface area is 240 Å². The molecule has 0 amide bonds. The molecular formula is C36H57NO2. The molecule has 2 N–H and O–H groups in total. The number of anilines is 1. The highest BCUT2D eigenvalue weighted by Crippen LogP contribution is 2.40. The standard InChI is InChI=1S/C36H57NO2/c1-12-13-14-15-16-17-22-39-32-21-20-28(25-29(32)34(3,4)5)37-26(2)18-19-27-23-30(35(6,7)8)33(38)31(24-27)36(9,10)11/h20-21,23-25,37-38H,2,12-19,22H2,1,3-11H3. The van der Waals surface area contributed by atoms with Crippen molar-refractivity contribution in [3.63, 3.8) is 0 Å². The number of aromatic hydroxyl groups is 1. The lowest BCUT2D eigenvalue weighted by Crippen LogP contribution is -2.18. The number of unbranched alkanes of at least 4 members (excludes halogenated alkanes) is 5. The van der Waals surface area contributed by atoms with Crippen LogP contribution >= 0.6 is 0 Å². The summed E-state index contributed by atoms with van der Waals surface area (Å²) in [6.07, 6.45) is 9.27. The van der Waals surface area contributed by atoms with Crippen molar-refractivity contribution in [3.05, 3.63) is 64.9 Å². The molecule has 0 fully saturated rings. The Bertz CT molecular complexity index is 1040. The van der Waals surface area contributed by atoms with Crippen molar-refractivity contribution in [3.8, 4) is 11.5 Å². The van der Waals surface area contributed by atoms with Gasteiger partial charge in [-0.3, -0.25) is 0 Å². The first-order valence-corrected chi connectivity index (χ1v) is 15.1. The number of hydrogen-bond acceptors (Lipinski definition) is 3. The van der Waals surface area contributed by atoms with Gasteiger partial charge < -0.3 is 15.2 Å². The molecule has 0 aliphatic carbocycles. The van der Waals surface area contributed by atoms with E-state index in [1.54, 1.807) is 0 Å². The zero-order chi connectivity index (χ0) is 29.4. The number of nitrogens with one attached hydrogen (secondary N) is 1. The molecule has 0 unspecified atom stereocenters. The fourth-order valence-corrected chi connectivity index (χ4v) is 4.93. The Morgan fingerprint density at radius 2 is 1.31 bits per heavy atom. The fraction of sp³-hybridized carbons (Fsp3) is 0.611. The molecule has 0 aliphatic rings. The van der Waals surface area contributed by atoms with E-state index in [4.69, 9.17) is 4.74 Å². The maximum absolute atomic E-state index is 11.0. The van der Waals surface area contributed by atoms with Gasteiger partial charge in [0.05, 0.1) is 6.61 Å². The number of ether oxygens (including phenoxy) is 1. The van der Waals surface area contributed by atoms with Gasteiger partial charge in [-0.1, -0.05) is 120 Å². The third-order valence-corrected chi connectivity index (χ3v) is 7.37. The van der Waals surface area contributed by atoms with E-state index >= 15 is 0 Å². The van der Waals surface area contributed by atoms with Gasteiger partial charge >= 0.3 is 0 Å². The monoisotopic (exact) mass is 535 g/mol. The second-order valence-corrected chi connectivity index (χ2v) is 14.3. The zero-order valence-corrected chi connectivity index (χ0v) is 26.8. The molecule has 0 saturated heterocycles. The minimum atomic E-state index is -0.127. The number of phenols is 1. The maximum Gasteiger partial charge on any atom is 0.123 e. The summed E-state index contributed by atoms with van der Waals surface area (Å²) in [6.45, 7) is 27.0. The van der Waals surface area contributed by atoms with Crippen LogP contribution in [0.15, 0.2) is 42.6 Å². The van der Waals surface area contributed by atoms with Crippen LogP contribution in [0, 0.1) is 0 Å². The summed E-state index contributed by atoms with van der Waals surface area (Å²) in [6, 6.07) is 10.8. The highest BCUT2D eigenvalue weighted by molar-refractivity contribution is 5.56. The van der Waals surface area contributed by atoms with E-state index in [0.717, 1.165) is 54.1 Å². The molecule has 2 aromatic rings. The molecule has 0 heterocycles. The van der Waals surface area contributed by atoms with Gasteiger partial charge in [0.2, 0.25) is 0 Å². The van der Waals surface area contributed by atoms with Crippen LogP contribution in [0.25, 0.3) is 0 Å². The summed E-state index contributed by atoms with van der Waals surface area (Å²) < 4.78 is 6.25. The van der Waals surface area contributed by atoms with Gasteiger partial charge in [0.1, 0.15) is 11.5 Å². The first kappa shape index (κ1) is 32.8. The van der Waals surface area contributed by atoms with Crippen LogP contribution in [0.1, 0.15) is 136 Å². The molecule has 2 rings (SSSR count). The fourth-order valence-electron chi connectivity index (χ4n) is 4.93. The van der Waals surface area contributed by atoms with Gasteiger partial charge in [0, 0.05) is 16.9 Å². The minimum absolute atomic E-state index is 0.0196. The van der Waals surface area contributed by atoms with E-state index in [0.29, 0.717) is 5.75 Å². The van der Waals surface area contributed by atoms with Crippen molar-refractivity contribution in [2.45, 2.75) is 137 Å². The third kappa shape index (κ3) is 10.2. The lowest BCUT2D eigenvalue weighted by Gasteiger charge is -2.28. The number of hydrogen-bond donors (Lipinski definition) is 2. The number of phenolic OH excluding ortho intramolecular Hbond substituents is 1. The normalized spacial score (nSPS) is 12.5. The summed E-state index contributed by atoms with van der Waals surface area (Å²) >= 11 is 0. The van der Waals surface area contributed by atoms with Gasteiger partial charge in [0.25, 0.3) is 0 Å². The lowest BCUT2D eigenvalue weighted by molar-refractivity contribution is 0.296. The van der Waals surface area contributed by atoms with Crippen molar-refractivity contribution in [1.82, 2.24) is 0 Å². The highest BCUT2D eigenvalue weighted by atomic mass is 16.5. The second-order valence-electron chi connectivity index (χ2n) is 14.3. The molecule has 2 aromatic carbocycles. The van der Waals surface area contributed by atoms with Gasteiger partial charge in [-0.2, -0.15) is 0 Å². The highest BCUT2D eigenvalue weighted by Gasteiger charge is 2.26. The van der Waals surface area contributed by atoms with Gasteiger partial charge in [-0.25, -0.2) is 0 Å². The lowest BCUT2D eigenvalue weighted by atomic mass is 9.78. The van der Waals surface area contributed by atoms with Crippen LogP contribution < -0.4 is 10.1 Å². The Morgan fingerprint density at radius 1 is 0.769 bits per heavy atom. The average molecular weight is 536 g/mol. The summed E-state index contributed by atoms with van der Waals surface area (Å²) in [4.78, 5) is 0. The molecule has 0 aliphatic heterocycles. The second kappa shape index (κ2) is 13.8. The molecule has 0 saturated carbocycles. The molecule has 3 nitrogen and oxygen atoms in total. The summed E-state index contributed by atoms with van der Waals surface area (Å²) in [7, 11) is 0. The molecule has 0 radical (unpaired) electrons. The quantitative estimate of drug-likeness (QED) is 0.251. The third-order valence-electron chi connectivity index (χ3n) is 7.37. The predicted molar refractivity (Wildman–Crippen MR) is 171 cm³/mol. The van der Waals surface area contributed by atoms with Gasteiger partial charge in [0.15, 0.2) is 0 Å².